The molecule has 0 aliphatic carbocycles. The van der Waals surface area contributed by atoms with E-state index in [0.717, 1.165) is 32.8 Å². The zero-order chi connectivity index (χ0) is 12.0. The highest BCUT2D eigenvalue weighted by Crippen LogP contribution is 2.17. The Kier molecular flexibility index (Phi) is 5.22. The molecule has 0 saturated carbocycles. The van der Waals surface area contributed by atoms with E-state index in [9.17, 15) is 0 Å². The van der Waals surface area contributed by atoms with Gasteiger partial charge in [-0.3, -0.25) is 0 Å². The van der Waals surface area contributed by atoms with Crippen LogP contribution in [0.5, 0.6) is 0 Å². The summed E-state index contributed by atoms with van der Waals surface area (Å²) >= 11 is 0. The lowest BCUT2D eigenvalue weighted by molar-refractivity contribution is 0.0277. The number of hydrogen-bond acceptors (Lipinski definition) is 4. The molecule has 0 bridgehead atoms. The summed E-state index contributed by atoms with van der Waals surface area (Å²) in [6.07, 6.45) is 3.71. The average molecular weight is 241 g/mol. The van der Waals surface area contributed by atoms with E-state index in [-0.39, 0.29) is 5.54 Å². The highest BCUT2D eigenvalue weighted by molar-refractivity contribution is 4.85. The van der Waals surface area contributed by atoms with Crippen LogP contribution in [0.2, 0.25) is 0 Å². The van der Waals surface area contributed by atoms with Crippen LogP contribution in [0.1, 0.15) is 26.2 Å². The van der Waals surface area contributed by atoms with Crippen molar-refractivity contribution in [2.45, 2.75) is 31.7 Å². The van der Waals surface area contributed by atoms with Gasteiger partial charge in [-0.05, 0) is 39.3 Å². The smallest absolute Gasteiger partial charge is 0.0645 e. The first kappa shape index (κ1) is 13.3. The highest BCUT2D eigenvalue weighted by Gasteiger charge is 2.26. The Labute approximate surface area is 105 Å². The van der Waals surface area contributed by atoms with Gasteiger partial charge in [0.2, 0.25) is 0 Å². The number of nitrogens with one attached hydrogen (secondary N) is 2. The lowest BCUT2D eigenvalue weighted by Crippen LogP contribution is -2.51. The fraction of sp³-hybridized carbons (Fsp3) is 1.00. The van der Waals surface area contributed by atoms with Crippen LogP contribution in [0.25, 0.3) is 0 Å². The maximum absolute atomic E-state index is 5.56. The first-order valence-electron chi connectivity index (χ1n) is 7.04. The summed E-state index contributed by atoms with van der Waals surface area (Å²) in [6.45, 7) is 11.1. The molecule has 2 saturated heterocycles. The van der Waals surface area contributed by atoms with Crippen molar-refractivity contribution in [2.24, 2.45) is 0 Å². The van der Waals surface area contributed by atoms with Gasteiger partial charge in [0.1, 0.15) is 0 Å². The van der Waals surface area contributed by atoms with Crippen LogP contribution < -0.4 is 10.6 Å². The third kappa shape index (κ3) is 4.54. The van der Waals surface area contributed by atoms with E-state index < -0.39 is 0 Å². The van der Waals surface area contributed by atoms with E-state index in [1.165, 1.54) is 38.9 Å². The molecule has 2 fully saturated rings. The Balaban J connectivity index is 1.63. The fourth-order valence-corrected chi connectivity index (χ4v) is 2.71. The molecule has 0 spiro atoms. The van der Waals surface area contributed by atoms with Crippen LogP contribution in [0.15, 0.2) is 0 Å². The third-order valence-electron chi connectivity index (χ3n) is 3.85. The molecule has 2 aliphatic rings. The van der Waals surface area contributed by atoms with Gasteiger partial charge in [0.25, 0.3) is 0 Å². The van der Waals surface area contributed by atoms with E-state index in [4.69, 9.17) is 4.74 Å². The summed E-state index contributed by atoms with van der Waals surface area (Å²) in [5, 5.41) is 7.12. The van der Waals surface area contributed by atoms with Gasteiger partial charge in [0, 0.05) is 38.3 Å². The van der Waals surface area contributed by atoms with Crippen LogP contribution in [0.3, 0.4) is 0 Å². The van der Waals surface area contributed by atoms with E-state index >= 15 is 0 Å². The number of rotatable bonds is 4. The molecule has 4 heteroatoms. The van der Waals surface area contributed by atoms with Crippen LogP contribution >= 0.6 is 0 Å². The van der Waals surface area contributed by atoms with Crippen LogP contribution in [0.4, 0.5) is 0 Å². The second kappa shape index (κ2) is 6.69. The second-order valence-corrected chi connectivity index (χ2v) is 5.59. The molecule has 0 aromatic rings. The minimum atomic E-state index is 0.211. The topological polar surface area (TPSA) is 36.5 Å². The fourth-order valence-electron chi connectivity index (χ4n) is 2.71. The molecule has 0 radical (unpaired) electrons. The second-order valence-electron chi connectivity index (χ2n) is 5.59. The number of nitrogens with zero attached hydrogens (tertiary/aromatic N) is 1. The molecule has 2 heterocycles. The average Bonchev–Trinajstić information content (AvgIpc) is 2.58. The van der Waals surface area contributed by atoms with Crippen molar-refractivity contribution in [1.82, 2.24) is 15.5 Å². The summed E-state index contributed by atoms with van der Waals surface area (Å²) in [6, 6.07) is 0. The van der Waals surface area contributed by atoms with Gasteiger partial charge in [0.05, 0.1) is 6.61 Å². The molecule has 2 aliphatic heterocycles. The van der Waals surface area contributed by atoms with E-state index in [1.54, 1.807) is 0 Å². The summed E-state index contributed by atoms with van der Waals surface area (Å²) in [4.78, 5) is 2.56. The molecule has 0 aromatic carbocycles. The minimum Gasteiger partial charge on any atom is -0.380 e. The van der Waals surface area contributed by atoms with Crippen molar-refractivity contribution in [2.75, 3.05) is 52.5 Å². The highest BCUT2D eigenvalue weighted by atomic mass is 16.5. The largest absolute Gasteiger partial charge is 0.380 e. The van der Waals surface area contributed by atoms with Crippen molar-refractivity contribution in [3.63, 3.8) is 0 Å². The van der Waals surface area contributed by atoms with Crippen molar-refractivity contribution in [3.05, 3.63) is 0 Å². The maximum Gasteiger partial charge on any atom is 0.0645 e. The molecule has 0 amide bonds. The molecule has 2 N–H and O–H groups in total. The Morgan fingerprint density at radius 2 is 2.24 bits per heavy atom. The summed E-state index contributed by atoms with van der Waals surface area (Å²) in [5.41, 5.74) is 0.211. The quantitative estimate of drug-likeness (QED) is 0.749. The van der Waals surface area contributed by atoms with E-state index in [2.05, 4.69) is 22.5 Å². The predicted octanol–water partition coefficient (Wildman–Crippen LogP) is 0.440. The molecular formula is C13H27N3O. The zero-order valence-corrected chi connectivity index (χ0v) is 11.1. The molecule has 0 aromatic heterocycles. The molecule has 1 unspecified atom stereocenters. The Bertz CT molecular complexity index is 209. The molecular weight excluding hydrogens is 214 g/mol. The van der Waals surface area contributed by atoms with Crippen molar-refractivity contribution in [3.8, 4) is 0 Å². The minimum absolute atomic E-state index is 0.211. The molecule has 4 nitrogen and oxygen atoms in total. The Morgan fingerprint density at radius 3 is 3.06 bits per heavy atom. The maximum atomic E-state index is 5.56. The van der Waals surface area contributed by atoms with Crippen molar-refractivity contribution < 1.29 is 4.74 Å². The van der Waals surface area contributed by atoms with Gasteiger partial charge in [0.15, 0.2) is 0 Å². The number of ether oxygens (including phenoxy) is 1. The van der Waals surface area contributed by atoms with Gasteiger partial charge in [-0.15, -0.1) is 0 Å². The molecule has 17 heavy (non-hydrogen) atoms. The summed E-state index contributed by atoms with van der Waals surface area (Å²) < 4.78 is 5.56. The van der Waals surface area contributed by atoms with Gasteiger partial charge >= 0.3 is 0 Å². The Morgan fingerprint density at radius 1 is 1.29 bits per heavy atom. The van der Waals surface area contributed by atoms with Gasteiger partial charge in [-0.1, -0.05) is 0 Å². The van der Waals surface area contributed by atoms with Gasteiger partial charge in [-0.25, -0.2) is 0 Å². The first-order valence-corrected chi connectivity index (χ1v) is 7.04. The van der Waals surface area contributed by atoms with E-state index in [1.807, 2.05) is 0 Å². The standard InChI is InChI=1S/C13H27N3O/c1-13(4-2-11-17-12-13)15-7-10-16-8-3-5-14-6-9-16/h14-15H,2-12H2,1H3. The van der Waals surface area contributed by atoms with Crippen molar-refractivity contribution in [1.29, 1.82) is 0 Å². The van der Waals surface area contributed by atoms with E-state index in [0.29, 0.717) is 0 Å². The van der Waals surface area contributed by atoms with Crippen molar-refractivity contribution >= 4 is 0 Å². The molecule has 100 valence electrons. The first-order chi connectivity index (χ1) is 8.29. The molecule has 1 atom stereocenters. The monoisotopic (exact) mass is 241 g/mol. The normalized spacial score (nSPS) is 32.3. The molecule has 2 rings (SSSR count). The van der Waals surface area contributed by atoms with Gasteiger partial charge in [-0.2, -0.15) is 0 Å². The van der Waals surface area contributed by atoms with Crippen LogP contribution in [-0.4, -0.2) is 62.9 Å². The summed E-state index contributed by atoms with van der Waals surface area (Å²) in [5.74, 6) is 0. The van der Waals surface area contributed by atoms with Gasteiger partial charge < -0.3 is 20.3 Å². The lowest BCUT2D eigenvalue weighted by atomic mass is 9.95. The van der Waals surface area contributed by atoms with Crippen LogP contribution in [-0.2, 0) is 4.74 Å². The predicted molar refractivity (Wildman–Crippen MR) is 70.4 cm³/mol. The third-order valence-corrected chi connectivity index (χ3v) is 3.85. The summed E-state index contributed by atoms with van der Waals surface area (Å²) in [7, 11) is 0. The Hall–Kier alpha value is -0.160. The van der Waals surface area contributed by atoms with Crippen LogP contribution in [0, 0.1) is 0 Å². The number of hydrogen-bond donors (Lipinski definition) is 2. The lowest BCUT2D eigenvalue weighted by Gasteiger charge is -2.35. The SMILES string of the molecule is CC1(NCCN2CCCNCC2)CCCOC1. The zero-order valence-electron chi connectivity index (χ0n) is 11.1.